The lowest BCUT2D eigenvalue weighted by Gasteiger charge is -2.09. The molecule has 0 spiro atoms. The molecule has 1 aliphatic rings. The summed E-state index contributed by atoms with van der Waals surface area (Å²) in [6, 6.07) is 15.6. The van der Waals surface area contributed by atoms with Crippen molar-refractivity contribution in [2.24, 2.45) is 0 Å². The number of benzene rings is 2. The van der Waals surface area contributed by atoms with E-state index in [1.54, 1.807) is 30.3 Å². The van der Waals surface area contributed by atoms with E-state index in [9.17, 15) is 9.59 Å². The van der Waals surface area contributed by atoms with Gasteiger partial charge in [-0.1, -0.05) is 23.7 Å². The van der Waals surface area contributed by atoms with Gasteiger partial charge in [-0.25, -0.2) is 4.68 Å². The van der Waals surface area contributed by atoms with Crippen LogP contribution in [0, 0.1) is 0 Å². The van der Waals surface area contributed by atoms with Crippen LogP contribution in [0.15, 0.2) is 59.4 Å². The number of hydrogen-bond donors (Lipinski definition) is 1. The number of fused-ring (bicyclic) bond motifs is 1. The van der Waals surface area contributed by atoms with Crippen LogP contribution in [-0.2, 0) is 17.9 Å². The fraction of sp³-hybridized carbons (Fsp3) is 0.150. The van der Waals surface area contributed by atoms with Crippen LogP contribution < -0.4 is 20.3 Å². The Morgan fingerprint density at radius 2 is 1.86 bits per heavy atom. The number of rotatable bonds is 5. The minimum absolute atomic E-state index is 0.176. The molecule has 1 N–H and O–H groups in total. The molecule has 7 nitrogen and oxygen atoms in total. The molecule has 1 aliphatic heterocycles. The number of nitrogens with zero attached hydrogens (tertiary/aromatic N) is 2. The Labute approximate surface area is 165 Å². The molecule has 0 fully saturated rings. The van der Waals surface area contributed by atoms with Crippen molar-refractivity contribution in [3.05, 3.63) is 75.5 Å². The van der Waals surface area contributed by atoms with Crippen molar-refractivity contribution in [1.82, 2.24) is 15.1 Å². The molecule has 0 radical (unpaired) electrons. The molecule has 28 heavy (non-hydrogen) atoms. The van der Waals surface area contributed by atoms with Gasteiger partial charge >= 0.3 is 0 Å². The molecule has 0 saturated heterocycles. The third-order valence-electron chi connectivity index (χ3n) is 4.23. The fourth-order valence-electron chi connectivity index (χ4n) is 2.77. The Morgan fingerprint density at radius 1 is 1.07 bits per heavy atom. The molecule has 4 rings (SSSR count). The SMILES string of the molecule is O=C(Cn1nc(-c2ccc3c(c2)OCO3)ccc1=O)NCc1ccc(Cl)cc1. The van der Waals surface area contributed by atoms with Gasteiger partial charge in [-0.05, 0) is 42.0 Å². The van der Waals surface area contributed by atoms with Crippen molar-refractivity contribution in [2.45, 2.75) is 13.1 Å². The number of carbonyl (C=O) groups excluding carboxylic acids is 1. The van der Waals surface area contributed by atoms with Crippen molar-refractivity contribution in [1.29, 1.82) is 0 Å². The number of ether oxygens (including phenoxy) is 2. The van der Waals surface area contributed by atoms with Gasteiger partial charge in [0.15, 0.2) is 11.5 Å². The van der Waals surface area contributed by atoms with Crippen molar-refractivity contribution >= 4 is 17.5 Å². The first-order valence-electron chi connectivity index (χ1n) is 8.58. The molecule has 8 heteroatoms. The van der Waals surface area contributed by atoms with E-state index >= 15 is 0 Å². The van der Waals surface area contributed by atoms with Crippen LogP contribution >= 0.6 is 11.6 Å². The average Bonchev–Trinajstić information content (AvgIpc) is 3.17. The van der Waals surface area contributed by atoms with Gasteiger partial charge in [0.25, 0.3) is 5.56 Å². The summed E-state index contributed by atoms with van der Waals surface area (Å²) in [5.74, 6) is 0.976. The van der Waals surface area contributed by atoms with E-state index in [1.165, 1.54) is 6.07 Å². The van der Waals surface area contributed by atoms with Gasteiger partial charge < -0.3 is 14.8 Å². The smallest absolute Gasteiger partial charge is 0.267 e. The van der Waals surface area contributed by atoms with Crippen LogP contribution in [-0.4, -0.2) is 22.5 Å². The number of aromatic nitrogens is 2. The molecule has 1 amide bonds. The van der Waals surface area contributed by atoms with E-state index < -0.39 is 0 Å². The van der Waals surface area contributed by atoms with Crippen LogP contribution in [0.1, 0.15) is 5.56 Å². The van der Waals surface area contributed by atoms with Gasteiger partial charge in [-0.3, -0.25) is 9.59 Å². The largest absolute Gasteiger partial charge is 0.454 e. The number of nitrogens with one attached hydrogen (secondary N) is 1. The maximum absolute atomic E-state index is 12.2. The second kappa shape index (κ2) is 7.74. The summed E-state index contributed by atoms with van der Waals surface area (Å²) in [5, 5.41) is 7.70. The Kier molecular flexibility index (Phi) is 4.99. The summed E-state index contributed by atoms with van der Waals surface area (Å²) >= 11 is 5.85. The quantitative estimate of drug-likeness (QED) is 0.715. The zero-order chi connectivity index (χ0) is 19.5. The van der Waals surface area contributed by atoms with Gasteiger partial charge in [0.05, 0.1) is 5.69 Å². The van der Waals surface area contributed by atoms with E-state index in [1.807, 2.05) is 18.2 Å². The minimum Gasteiger partial charge on any atom is -0.454 e. The Balaban J connectivity index is 1.47. The lowest BCUT2D eigenvalue weighted by Crippen LogP contribution is -2.33. The lowest BCUT2D eigenvalue weighted by molar-refractivity contribution is -0.122. The van der Waals surface area contributed by atoms with Crippen molar-refractivity contribution in [2.75, 3.05) is 6.79 Å². The average molecular weight is 398 g/mol. The van der Waals surface area contributed by atoms with Gasteiger partial charge in [-0.15, -0.1) is 0 Å². The van der Waals surface area contributed by atoms with E-state index in [4.69, 9.17) is 21.1 Å². The summed E-state index contributed by atoms with van der Waals surface area (Å²) in [4.78, 5) is 24.3. The van der Waals surface area contributed by atoms with E-state index in [-0.39, 0.29) is 24.8 Å². The third kappa shape index (κ3) is 3.99. The lowest BCUT2D eigenvalue weighted by atomic mass is 10.1. The second-order valence-corrected chi connectivity index (χ2v) is 6.62. The normalized spacial score (nSPS) is 12.0. The first-order chi connectivity index (χ1) is 13.6. The standard InChI is InChI=1S/C20H16ClN3O4/c21-15-4-1-13(2-5-15)10-22-19(25)11-24-20(26)8-6-16(23-24)14-3-7-17-18(9-14)28-12-27-17/h1-9H,10-12H2,(H,22,25). The topological polar surface area (TPSA) is 82.5 Å². The first-order valence-corrected chi connectivity index (χ1v) is 8.95. The molecule has 1 aromatic heterocycles. The molecule has 3 aromatic rings. The van der Waals surface area contributed by atoms with E-state index in [0.717, 1.165) is 15.8 Å². The zero-order valence-electron chi connectivity index (χ0n) is 14.7. The first kappa shape index (κ1) is 18.1. The van der Waals surface area contributed by atoms with Crippen molar-refractivity contribution in [3.63, 3.8) is 0 Å². The van der Waals surface area contributed by atoms with Gasteiger partial charge in [0.1, 0.15) is 6.54 Å². The van der Waals surface area contributed by atoms with Crippen LogP contribution in [0.3, 0.4) is 0 Å². The number of carbonyl (C=O) groups is 1. The van der Waals surface area contributed by atoms with Gasteiger partial charge in [0.2, 0.25) is 12.7 Å². The van der Waals surface area contributed by atoms with E-state index in [2.05, 4.69) is 10.4 Å². The molecule has 0 atom stereocenters. The third-order valence-corrected chi connectivity index (χ3v) is 4.48. The maximum atomic E-state index is 12.2. The highest BCUT2D eigenvalue weighted by Crippen LogP contribution is 2.35. The maximum Gasteiger partial charge on any atom is 0.267 e. The zero-order valence-corrected chi connectivity index (χ0v) is 15.5. The van der Waals surface area contributed by atoms with Crippen LogP contribution in [0.5, 0.6) is 11.5 Å². The Bertz CT molecular complexity index is 1080. The van der Waals surface area contributed by atoms with Crippen LogP contribution in [0.4, 0.5) is 0 Å². The van der Waals surface area contributed by atoms with Crippen LogP contribution in [0.25, 0.3) is 11.3 Å². The highest BCUT2D eigenvalue weighted by atomic mass is 35.5. The second-order valence-electron chi connectivity index (χ2n) is 6.19. The molecule has 2 heterocycles. The summed E-state index contributed by atoms with van der Waals surface area (Å²) in [6.45, 7) is 0.344. The van der Waals surface area contributed by atoms with Gasteiger partial charge in [-0.2, -0.15) is 5.10 Å². The fourth-order valence-corrected chi connectivity index (χ4v) is 2.89. The van der Waals surface area contributed by atoms with Crippen molar-refractivity contribution in [3.8, 4) is 22.8 Å². The van der Waals surface area contributed by atoms with E-state index in [0.29, 0.717) is 28.8 Å². The molecule has 0 bridgehead atoms. The number of amides is 1. The predicted octanol–water partition coefficient (Wildman–Crippen LogP) is 2.61. The van der Waals surface area contributed by atoms with Gasteiger partial charge in [0, 0.05) is 23.2 Å². The minimum atomic E-state index is -0.355. The number of hydrogen-bond acceptors (Lipinski definition) is 5. The summed E-state index contributed by atoms with van der Waals surface area (Å²) in [5.41, 5.74) is 1.88. The van der Waals surface area contributed by atoms with Crippen molar-refractivity contribution < 1.29 is 14.3 Å². The molecule has 2 aromatic carbocycles. The molecular weight excluding hydrogens is 382 g/mol. The highest BCUT2D eigenvalue weighted by molar-refractivity contribution is 6.30. The monoisotopic (exact) mass is 397 g/mol. The van der Waals surface area contributed by atoms with Crippen LogP contribution in [0.2, 0.25) is 5.02 Å². The Hall–Kier alpha value is -3.32. The highest BCUT2D eigenvalue weighted by Gasteiger charge is 2.15. The summed E-state index contributed by atoms with van der Waals surface area (Å²) in [7, 11) is 0. The molecule has 0 saturated carbocycles. The summed E-state index contributed by atoms with van der Waals surface area (Å²) < 4.78 is 11.8. The molecule has 142 valence electrons. The molecule has 0 aliphatic carbocycles. The summed E-state index contributed by atoms with van der Waals surface area (Å²) in [6.07, 6.45) is 0. The molecular formula is C20H16ClN3O4. The predicted molar refractivity (Wildman–Crippen MR) is 103 cm³/mol. The number of halogens is 1. The molecule has 0 unspecified atom stereocenters. The Morgan fingerprint density at radius 3 is 2.68 bits per heavy atom.